The number of sulfonamides is 1. The zero-order chi connectivity index (χ0) is 20.2. The highest BCUT2D eigenvalue weighted by Crippen LogP contribution is 2.30. The summed E-state index contributed by atoms with van der Waals surface area (Å²) in [6.07, 6.45) is 0.999. The molecule has 1 atom stereocenters. The number of benzene rings is 2. The van der Waals surface area contributed by atoms with Crippen molar-refractivity contribution in [1.82, 2.24) is 4.72 Å². The Morgan fingerprint density at radius 2 is 1.52 bits per heavy atom. The second-order valence-electron chi connectivity index (χ2n) is 6.32. The highest BCUT2D eigenvalue weighted by molar-refractivity contribution is 7.92. The number of nitrogens with one attached hydrogen (secondary N) is 1. The maximum atomic E-state index is 13.2. The molecule has 0 saturated carbocycles. The van der Waals surface area contributed by atoms with Crippen molar-refractivity contribution in [1.29, 1.82) is 0 Å². The minimum Gasteiger partial charge on any atom is -0.497 e. The summed E-state index contributed by atoms with van der Waals surface area (Å²) in [4.78, 5) is 1.99. The van der Waals surface area contributed by atoms with Gasteiger partial charge in [-0.2, -0.15) is 0 Å². The van der Waals surface area contributed by atoms with E-state index in [0.717, 1.165) is 11.9 Å². The number of nitrogens with zero attached hydrogens (tertiary/aromatic N) is 1. The van der Waals surface area contributed by atoms with Crippen LogP contribution in [0.5, 0.6) is 5.75 Å². The number of rotatable bonds is 8. The molecule has 0 bridgehead atoms. The fraction of sp³-hybridized carbons (Fsp3) is 0.333. The molecular formula is C18H24N2O5S2. The Balaban J connectivity index is 2.46. The highest BCUT2D eigenvalue weighted by atomic mass is 32.2. The quantitative estimate of drug-likeness (QED) is 0.711. The van der Waals surface area contributed by atoms with Gasteiger partial charge < -0.3 is 9.64 Å². The molecular weight excluding hydrogens is 388 g/mol. The van der Waals surface area contributed by atoms with E-state index in [9.17, 15) is 16.8 Å². The molecule has 0 spiro atoms. The highest BCUT2D eigenvalue weighted by Gasteiger charge is 2.30. The van der Waals surface area contributed by atoms with Crippen molar-refractivity contribution >= 4 is 25.5 Å². The SMILES string of the molecule is COc1ccc(S(=O)(=O)[C@H](CNS(C)(=O)=O)c2ccc(N(C)C)cc2)cc1. The summed E-state index contributed by atoms with van der Waals surface area (Å²) in [6.45, 7) is -0.255. The van der Waals surface area contributed by atoms with E-state index >= 15 is 0 Å². The molecule has 2 rings (SSSR count). The average Bonchev–Trinajstić information content (AvgIpc) is 2.61. The Morgan fingerprint density at radius 1 is 0.963 bits per heavy atom. The van der Waals surface area contributed by atoms with Gasteiger partial charge in [-0.05, 0) is 42.0 Å². The third-order valence-corrected chi connectivity index (χ3v) is 6.88. The lowest BCUT2D eigenvalue weighted by molar-refractivity contribution is 0.414. The maximum Gasteiger partial charge on any atom is 0.208 e. The minimum atomic E-state index is -3.83. The van der Waals surface area contributed by atoms with Crippen LogP contribution in [0.25, 0.3) is 0 Å². The first-order valence-electron chi connectivity index (χ1n) is 8.14. The third-order valence-electron chi connectivity index (χ3n) is 4.07. The van der Waals surface area contributed by atoms with E-state index < -0.39 is 25.1 Å². The predicted octanol–water partition coefficient (Wildman–Crippen LogP) is 1.83. The summed E-state index contributed by atoms with van der Waals surface area (Å²) in [5.74, 6) is 0.537. The predicted molar refractivity (Wildman–Crippen MR) is 107 cm³/mol. The van der Waals surface area contributed by atoms with Gasteiger partial charge in [0.15, 0.2) is 9.84 Å². The first-order chi connectivity index (χ1) is 12.5. The van der Waals surface area contributed by atoms with Gasteiger partial charge in [-0.25, -0.2) is 21.6 Å². The molecule has 0 heterocycles. The Morgan fingerprint density at radius 3 is 1.96 bits per heavy atom. The standard InChI is InChI=1S/C18H24N2O5S2/c1-20(2)15-7-5-14(6-8-15)18(13-19-26(4,21)22)27(23,24)17-11-9-16(25-3)10-12-17/h5-12,18-19H,13H2,1-4H3/t18-/m1/s1. The van der Waals surface area contributed by atoms with Crippen LogP contribution >= 0.6 is 0 Å². The zero-order valence-electron chi connectivity index (χ0n) is 15.7. The molecule has 0 unspecified atom stereocenters. The summed E-state index contributed by atoms with van der Waals surface area (Å²) in [6, 6.07) is 13.0. The van der Waals surface area contributed by atoms with Crippen LogP contribution in [0.2, 0.25) is 0 Å². The molecule has 1 N–H and O–H groups in total. The van der Waals surface area contributed by atoms with Crippen molar-refractivity contribution in [2.45, 2.75) is 10.1 Å². The minimum absolute atomic E-state index is 0.0975. The van der Waals surface area contributed by atoms with Crippen molar-refractivity contribution in [2.24, 2.45) is 0 Å². The number of ether oxygens (including phenoxy) is 1. The fourth-order valence-electron chi connectivity index (χ4n) is 2.55. The molecule has 9 heteroatoms. The van der Waals surface area contributed by atoms with E-state index in [2.05, 4.69) is 4.72 Å². The van der Waals surface area contributed by atoms with Crippen molar-refractivity contribution in [2.75, 3.05) is 38.9 Å². The van der Waals surface area contributed by atoms with Crippen molar-refractivity contribution in [3.8, 4) is 5.75 Å². The largest absolute Gasteiger partial charge is 0.497 e. The van der Waals surface area contributed by atoms with Gasteiger partial charge in [0.2, 0.25) is 10.0 Å². The lowest BCUT2D eigenvalue weighted by Crippen LogP contribution is -2.31. The number of methoxy groups -OCH3 is 1. The van der Waals surface area contributed by atoms with E-state index in [4.69, 9.17) is 4.74 Å². The second kappa shape index (κ2) is 8.28. The summed E-state index contributed by atoms with van der Waals surface area (Å²) in [5, 5.41) is -1.06. The molecule has 0 aromatic heterocycles. The molecule has 2 aromatic rings. The summed E-state index contributed by atoms with van der Waals surface area (Å²) in [5.41, 5.74) is 1.42. The van der Waals surface area contributed by atoms with Crippen LogP contribution in [0, 0.1) is 0 Å². The summed E-state index contributed by atoms with van der Waals surface area (Å²) in [7, 11) is -2.12. The Kier molecular flexibility index (Phi) is 6.50. The zero-order valence-corrected chi connectivity index (χ0v) is 17.3. The van der Waals surface area contributed by atoms with Crippen LogP contribution in [0.4, 0.5) is 5.69 Å². The van der Waals surface area contributed by atoms with E-state index in [1.54, 1.807) is 36.4 Å². The van der Waals surface area contributed by atoms with E-state index in [1.165, 1.54) is 19.2 Å². The maximum absolute atomic E-state index is 13.2. The number of sulfone groups is 1. The topological polar surface area (TPSA) is 92.8 Å². The second-order valence-corrected chi connectivity index (χ2v) is 10.3. The van der Waals surface area contributed by atoms with Crippen LogP contribution in [0.3, 0.4) is 0 Å². The molecule has 0 saturated heterocycles. The number of hydrogen-bond donors (Lipinski definition) is 1. The number of hydrogen-bond acceptors (Lipinski definition) is 6. The van der Waals surface area contributed by atoms with E-state index in [0.29, 0.717) is 11.3 Å². The summed E-state index contributed by atoms with van der Waals surface area (Å²) < 4.78 is 56.8. The molecule has 0 amide bonds. The van der Waals surface area contributed by atoms with Crippen molar-refractivity contribution < 1.29 is 21.6 Å². The summed E-state index contributed by atoms with van der Waals surface area (Å²) >= 11 is 0. The molecule has 0 aliphatic carbocycles. The smallest absolute Gasteiger partial charge is 0.208 e. The molecule has 148 valence electrons. The van der Waals surface area contributed by atoms with Gasteiger partial charge in [-0.3, -0.25) is 0 Å². The first kappa shape index (κ1) is 21.2. The van der Waals surface area contributed by atoms with Gasteiger partial charge in [0.25, 0.3) is 0 Å². The molecule has 2 aromatic carbocycles. The van der Waals surface area contributed by atoms with Gasteiger partial charge in [-0.1, -0.05) is 12.1 Å². The molecule has 27 heavy (non-hydrogen) atoms. The van der Waals surface area contributed by atoms with Gasteiger partial charge in [0.1, 0.15) is 11.0 Å². The molecule has 0 radical (unpaired) electrons. The van der Waals surface area contributed by atoms with Crippen LogP contribution < -0.4 is 14.4 Å². The van der Waals surface area contributed by atoms with Crippen LogP contribution in [0.1, 0.15) is 10.8 Å². The molecule has 7 nitrogen and oxygen atoms in total. The van der Waals surface area contributed by atoms with Gasteiger partial charge >= 0.3 is 0 Å². The van der Waals surface area contributed by atoms with Crippen LogP contribution in [0.15, 0.2) is 53.4 Å². The monoisotopic (exact) mass is 412 g/mol. The lowest BCUT2D eigenvalue weighted by Gasteiger charge is -2.20. The first-order valence-corrected chi connectivity index (χ1v) is 11.6. The van der Waals surface area contributed by atoms with Crippen LogP contribution in [-0.2, 0) is 19.9 Å². The van der Waals surface area contributed by atoms with E-state index in [1.807, 2.05) is 19.0 Å². The molecule has 0 aliphatic heterocycles. The molecule has 0 fully saturated rings. The molecule has 0 aliphatic rings. The van der Waals surface area contributed by atoms with Gasteiger partial charge in [-0.15, -0.1) is 0 Å². The van der Waals surface area contributed by atoms with Gasteiger partial charge in [0, 0.05) is 26.3 Å². The fourth-order valence-corrected chi connectivity index (χ4v) is 4.79. The Labute approximate surface area is 160 Å². The average molecular weight is 413 g/mol. The Hall–Kier alpha value is -2.10. The number of anilines is 1. The van der Waals surface area contributed by atoms with Crippen LogP contribution in [-0.4, -0.2) is 50.8 Å². The third kappa shape index (κ3) is 5.44. The lowest BCUT2D eigenvalue weighted by atomic mass is 10.1. The van der Waals surface area contributed by atoms with E-state index in [-0.39, 0.29) is 11.4 Å². The Bertz CT molecular complexity index is 967. The van der Waals surface area contributed by atoms with Crippen molar-refractivity contribution in [3.63, 3.8) is 0 Å². The van der Waals surface area contributed by atoms with Gasteiger partial charge in [0.05, 0.1) is 18.3 Å². The van der Waals surface area contributed by atoms with Crippen molar-refractivity contribution in [3.05, 3.63) is 54.1 Å². The normalized spacial score (nSPS) is 13.2.